The number of halogens is 1. The predicted octanol–water partition coefficient (Wildman–Crippen LogP) is 1.62. The standard InChI is InChI=1S/C14H19BrN2O5S/c1-14(2,3)22-12(19)9-7(5-15)6-23-11-8(10(18)17(9)11)16-13(20)21-4/h6,8-9,11H,5H2,1-4H3,(H,16,20)/t8-,9-,11-/m1/s1. The van der Waals surface area contributed by atoms with Gasteiger partial charge in [-0.25, -0.2) is 9.59 Å². The molecule has 2 aliphatic rings. The summed E-state index contributed by atoms with van der Waals surface area (Å²) in [5, 5.41) is 4.43. The number of methoxy groups -OCH3 is 1. The van der Waals surface area contributed by atoms with Crippen LogP contribution in [0.25, 0.3) is 0 Å². The highest BCUT2D eigenvalue weighted by atomic mass is 79.9. The van der Waals surface area contributed by atoms with Gasteiger partial charge in [-0.3, -0.25) is 4.79 Å². The lowest BCUT2D eigenvalue weighted by molar-refractivity contribution is -0.169. The second-order valence-electron chi connectivity index (χ2n) is 6.15. The first-order valence-corrected chi connectivity index (χ1v) is 9.06. The van der Waals surface area contributed by atoms with E-state index in [0.29, 0.717) is 5.33 Å². The van der Waals surface area contributed by atoms with Crippen molar-refractivity contribution in [2.45, 2.75) is 43.8 Å². The van der Waals surface area contributed by atoms with Gasteiger partial charge in [-0.2, -0.15) is 0 Å². The summed E-state index contributed by atoms with van der Waals surface area (Å²) in [5.74, 6) is -0.798. The van der Waals surface area contributed by atoms with Crippen LogP contribution in [0, 0.1) is 0 Å². The number of β-lactam (4-membered cyclic amide) rings is 1. The van der Waals surface area contributed by atoms with Gasteiger partial charge in [0, 0.05) is 5.33 Å². The third-order valence-electron chi connectivity index (χ3n) is 3.31. The first kappa shape index (κ1) is 18.1. The number of carbonyl (C=O) groups excluding carboxylic acids is 3. The van der Waals surface area contributed by atoms with Crippen molar-refractivity contribution in [2.24, 2.45) is 0 Å². The van der Waals surface area contributed by atoms with Crippen molar-refractivity contribution in [3.63, 3.8) is 0 Å². The van der Waals surface area contributed by atoms with Crippen LogP contribution in [0.2, 0.25) is 0 Å². The average Bonchev–Trinajstić information content (AvgIpc) is 2.48. The van der Waals surface area contributed by atoms with Crippen molar-refractivity contribution in [3.8, 4) is 0 Å². The van der Waals surface area contributed by atoms with Crippen LogP contribution in [0.5, 0.6) is 0 Å². The minimum atomic E-state index is -0.775. The third-order valence-corrected chi connectivity index (χ3v) is 5.18. The Kier molecular flexibility index (Phi) is 5.30. The summed E-state index contributed by atoms with van der Waals surface area (Å²) < 4.78 is 9.95. The highest BCUT2D eigenvalue weighted by molar-refractivity contribution is 9.09. The summed E-state index contributed by atoms with van der Waals surface area (Å²) in [6.07, 6.45) is -0.673. The molecule has 2 aliphatic heterocycles. The van der Waals surface area contributed by atoms with Gasteiger partial charge in [0.2, 0.25) is 5.91 Å². The molecule has 0 aromatic rings. The van der Waals surface area contributed by atoms with Gasteiger partial charge in [0.1, 0.15) is 17.0 Å². The first-order valence-electron chi connectivity index (χ1n) is 6.99. The second-order valence-corrected chi connectivity index (χ2v) is 7.70. The lowest BCUT2D eigenvalue weighted by atomic mass is 9.98. The van der Waals surface area contributed by atoms with Crippen molar-refractivity contribution in [1.82, 2.24) is 10.2 Å². The minimum Gasteiger partial charge on any atom is -0.458 e. The van der Waals surface area contributed by atoms with Gasteiger partial charge in [-0.15, -0.1) is 11.8 Å². The molecule has 2 rings (SSSR count). The van der Waals surface area contributed by atoms with Crippen LogP contribution in [0.15, 0.2) is 11.0 Å². The topological polar surface area (TPSA) is 84.9 Å². The van der Waals surface area contributed by atoms with Gasteiger partial charge in [-0.05, 0) is 31.8 Å². The highest BCUT2D eigenvalue weighted by Gasteiger charge is 2.56. The average molecular weight is 407 g/mol. The number of carbonyl (C=O) groups is 3. The van der Waals surface area contributed by atoms with E-state index in [4.69, 9.17) is 4.74 Å². The number of hydrogen-bond donors (Lipinski definition) is 1. The molecular formula is C14H19BrN2O5S. The van der Waals surface area contributed by atoms with E-state index in [9.17, 15) is 14.4 Å². The number of thioether (sulfide) groups is 1. The van der Waals surface area contributed by atoms with Gasteiger partial charge < -0.3 is 19.7 Å². The monoisotopic (exact) mass is 406 g/mol. The van der Waals surface area contributed by atoms with Crippen LogP contribution < -0.4 is 5.32 Å². The van der Waals surface area contributed by atoms with Crippen molar-refractivity contribution < 1.29 is 23.9 Å². The number of rotatable bonds is 3. The molecule has 0 unspecified atom stereocenters. The third kappa shape index (κ3) is 3.65. The lowest BCUT2D eigenvalue weighted by Gasteiger charge is -2.51. The lowest BCUT2D eigenvalue weighted by Crippen LogP contribution is -2.74. The molecule has 0 spiro atoms. The van der Waals surface area contributed by atoms with E-state index < -0.39 is 29.7 Å². The van der Waals surface area contributed by atoms with E-state index in [-0.39, 0.29) is 11.3 Å². The van der Waals surface area contributed by atoms with Crippen LogP contribution >= 0.6 is 27.7 Å². The van der Waals surface area contributed by atoms with Gasteiger partial charge in [0.25, 0.3) is 0 Å². The van der Waals surface area contributed by atoms with Crippen LogP contribution in [-0.4, -0.2) is 58.4 Å². The van der Waals surface area contributed by atoms with E-state index in [2.05, 4.69) is 26.0 Å². The zero-order valence-electron chi connectivity index (χ0n) is 13.3. The number of esters is 1. The molecule has 0 aromatic heterocycles. The molecule has 23 heavy (non-hydrogen) atoms. The molecule has 128 valence electrons. The smallest absolute Gasteiger partial charge is 0.407 e. The number of amides is 2. The Morgan fingerprint density at radius 1 is 1.43 bits per heavy atom. The fraction of sp³-hybridized carbons (Fsp3) is 0.643. The molecule has 0 radical (unpaired) electrons. The molecule has 2 heterocycles. The Morgan fingerprint density at radius 3 is 2.61 bits per heavy atom. The molecule has 0 aromatic carbocycles. The molecule has 1 fully saturated rings. The molecule has 1 saturated heterocycles. The van der Waals surface area contributed by atoms with Crippen molar-refractivity contribution >= 4 is 45.7 Å². The molecule has 9 heteroatoms. The van der Waals surface area contributed by atoms with E-state index in [0.717, 1.165) is 5.57 Å². The summed E-state index contributed by atoms with van der Waals surface area (Å²) >= 11 is 4.72. The van der Waals surface area contributed by atoms with Gasteiger partial charge in [-0.1, -0.05) is 15.9 Å². The van der Waals surface area contributed by atoms with Crippen LogP contribution in [0.3, 0.4) is 0 Å². The van der Waals surface area contributed by atoms with E-state index in [1.807, 2.05) is 5.41 Å². The Morgan fingerprint density at radius 2 is 2.09 bits per heavy atom. The van der Waals surface area contributed by atoms with Crippen LogP contribution in [0.4, 0.5) is 4.79 Å². The summed E-state index contributed by atoms with van der Waals surface area (Å²) in [5.41, 5.74) is 0.108. The number of ether oxygens (including phenoxy) is 2. The minimum absolute atomic E-state index is 0.324. The van der Waals surface area contributed by atoms with Crippen LogP contribution in [0.1, 0.15) is 20.8 Å². The van der Waals surface area contributed by atoms with E-state index in [1.54, 1.807) is 20.8 Å². The fourth-order valence-corrected chi connectivity index (χ4v) is 4.26. The molecule has 0 saturated carbocycles. The molecule has 3 atom stereocenters. The number of hydrogen-bond acceptors (Lipinski definition) is 6. The van der Waals surface area contributed by atoms with Crippen molar-refractivity contribution in [3.05, 3.63) is 11.0 Å². The zero-order valence-corrected chi connectivity index (χ0v) is 15.7. The Labute approximate surface area is 147 Å². The number of nitrogens with zero attached hydrogens (tertiary/aromatic N) is 1. The predicted molar refractivity (Wildman–Crippen MR) is 89.1 cm³/mol. The van der Waals surface area contributed by atoms with Crippen molar-refractivity contribution in [1.29, 1.82) is 0 Å². The molecule has 2 amide bonds. The number of fused-ring (bicyclic) bond motifs is 1. The summed E-state index contributed by atoms with van der Waals surface area (Å²) in [6.45, 7) is 5.32. The van der Waals surface area contributed by atoms with Crippen LogP contribution in [-0.2, 0) is 19.1 Å². The first-order chi connectivity index (χ1) is 10.7. The number of alkyl halides is 1. The summed E-state index contributed by atoms with van der Waals surface area (Å²) in [6, 6.07) is -1.48. The molecular weight excluding hydrogens is 388 g/mol. The van der Waals surface area contributed by atoms with E-state index >= 15 is 0 Å². The Hall–Kier alpha value is -1.22. The quantitative estimate of drug-likeness (QED) is 0.435. The molecule has 7 nitrogen and oxygen atoms in total. The summed E-state index contributed by atoms with van der Waals surface area (Å²) in [4.78, 5) is 37.7. The normalized spacial score (nSPS) is 26.7. The zero-order chi connectivity index (χ0) is 17.4. The Bertz CT molecular complexity index is 560. The fourth-order valence-electron chi connectivity index (χ4n) is 2.35. The maximum absolute atomic E-state index is 12.5. The molecule has 0 aliphatic carbocycles. The highest BCUT2D eigenvalue weighted by Crippen LogP contribution is 2.41. The van der Waals surface area contributed by atoms with E-state index in [1.165, 1.54) is 23.8 Å². The van der Waals surface area contributed by atoms with Crippen molar-refractivity contribution in [2.75, 3.05) is 12.4 Å². The molecule has 1 N–H and O–H groups in total. The maximum atomic E-state index is 12.5. The molecule has 0 bridgehead atoms. The van der Waals surface area contributed by atoms with Gasteiger partial charge >= 0.3 is 12.1 Å². The van der Waals surface area contributed by atoms with Gasteiger partial charge in [0.15, 0.2) is 6.04 Å². The van der Waals surface area contributed by atoms with Gasteiger partial charge in [0.05, 0.1) is 7.11 Å². The second kappa shape index (κ2) is 6.72. The Balaban J connectivity index is 2.20. The SMILES string of the molecule is COC(=O)N[C@@H]1C(=O)N2[C@@H](C(=O)OC(C)(C)C)C(CBr)=CS[C@H]12. The largest absolute Gasteiger partial charge is 0.458 e. The number of nitrogens with one attached hydrogen (secondary N) is 1. The summed E-state index contributed by atoms with van der Waals surface area (Å²) in [7, 11) is 1.23. The maximum Gasteiger partial charge on any atom is 0.407 e. The number of alkyl carbamates (subject to hydrolysis) is 1.